The molecule has 1 aliphatic heterocycles. The molecule has 0 saturated carbocycles. The minimum atomic E-state index is -1.08. The average molecular weight is 447 g/mol. The standard InChI is InChI=1S/C20H16F3N5O2S/c21-12-8-7-11(10-14(12)23)24-17(29)19-27-26-18(31-19)16-6-3-9-28(16)20(30)25-15-5-2-1-4-13(15)22/h1-2,4-5,7-8,10,16H,3,6,9H2,(H,24,29)(H,25,30)/t16-/m1/s1. The molecule has 0 bridgehead atoms. The van der Waals surface area contributed by atoms with E-state index < -0.39 is 35.4 Å². The van der Waals surface area contributed by atoms with Crippen molar-refractivity contribution < 1.29 is 22.8 Å². The molecule has 3 aromatic rings. The van der Waals surface area contributed by atoms with Gasteiger partial charge >= 0.3 is 6.03 Å². The van der Waals surface area contributed by atoms with E-state index in [1.54, 1.807) is 6.07 Å². The average Bonchev–Trinajstić information content (AvgIpc) is 3.42. The van der Waals surface area contributed by atoms with Crippen molar-refractivity contribution in [1.82, 2.24) is 15.1 Å². The van der Waals surface area contributed by atoms with Gasteiger partial charge in [-0.1, -0.05) is 23.5 Å². The molecule has 31 heavy (non-hydrogen) atoms. The van der Waals surface area contributed by atoms with Crippen molar-refractivity contribution in [2.24, 2.45) is 0 Å². The molecule has 2 aromatic carbocycles. The largest absolute Gasteiger partial charge is 0.322 e. The highest BCUT2D eigenvalue weighted by atomic mass is 32.1. The van der Waals surface area contributed by atoms with Gasteiger partial charge in [0.05, 0.1) is 11.7 Å². The highest BCUT2D eigenvalue weighted by Crippen LogP contribution is 2.34. The van der Waals surface area contributed by atoms with Crippen LogP contribution in [-0.2, 0) is 0 Å². The predicted molar refractivity (Wildman–Crippen MR) is 108 cm³/mol. The third-order valence-corrected chi connectivity index (χ3v) is 5.75. The molecular formula is C20H16F3N5O2S. The van der Waals surface area contributed by atoms with Gasteiger partial charge < -0.3 is 15.5 Å². The van der Waals surface area contributed by atoms with Gasteiger partial charge in [0.25, 0.3) is 5.91 Å². The lowest BCUT2D eigenvalue weighted by atomic mass is 10.2. The zero-order valence-corrected chi connectivity index (χ0v) is 16.8. The number of benzene rings is 2. The first-order valence-corrected chi connectivity index (χ1v) is 10.2. The lowest BCUT2D eigenvalue weighted by Crippen LogP contribution is -2.34. The molecular weight excluding hydrogens is 431 g/mol. The van der Waals surface area contributed by atoms with Crippen LogP contribution in [0, 0.1) is 17.5 Å². The number of anilines is 2. The number of urea groups is 1. The summed E-state index contributed by atoms with van der Waals surface area (Å²) in [6, 6.07) is 7.96. The Hall–Kier alpha value is -3.47. The number of halogens is 3. The van der Waals surface area contributed by atoms with Crippen LogP contribution in [0.25, 0.3) is 0 Å². The number of carbonyl (C=O) groups excluding carboxylic acids is 2. The number of hydrogen-bond donors (Lipinski definition) is 2. The zero-order valence-electron chi connectivity index (χ0n) is 15.9. The van der Waals surface area contributed by atoms with Crippen LogP contribution in [0.15, 0.2) is 42.5 Å². The Labute approximate surface area is 178 Å². The van der Waals surface area contributed by atoms with Gasteiger partial charge in [-0.25, -0.2) is 18.0 Å². The molecule has 2 N–H and O–H groups in total. The van der Waals surface area contributed by atoms with E-state index in [-0.39, 0.29) is 16.4 Å². The summed E-state index contributed by atoms with van der Waals surface area (Å²) in [5.74, 6) is -3.28. The van der Waals surface area contributed by atoms with Crippen LogP contribution >= 0.6 is 11.3 Å². The van der Waals surface area contributed by atoms with Crippen LogP contribution in [0.5, 0.6) is 0 Å². The van der Waals surface area contributed by atoms with Gasteiger partial charge in [-0.05, 0) is 37.1 Å². The van der Waals surface area contributed by atoms with E-state index in [4.69, 9.17) is 0 Å². The monoisotopic (exact) mass is 447 g/mol. The number of nitrogens with one attached hydrogen (secondary N) is 2. The van der Waals surface area contributed by atoms with Crippen molar-refractivity contribution in [2.45, 2.75) is 18.9 Å². The number of hydrogen-bond acceptors (Lipinski definition) is 5. The van der Waals surface area contributed by atoms with E-state index in [0.717, 1.165) is 23.5 Å². The summed E-state index contributed by atoms with van der Waals surface area (Å²) >= 11 is 0.998. The van der Waals surface area contributed by atoms with Crippen LogP contribution in [0.1, 0.15) is 33.7 Å². The Morgan fingerprint density at radius 2 is 1.81 bits per heavy atom. The Balaban J connectivity index is 1.45. The quantitative estimate of drug-likeness (QED) is 0.613. The maximum Gasteiger partial charge on any atom is 0.322 e. The number of carbonyl (C=O) groups is 2. The minimum Gasteiger partial charge on any atom is -0.320 e. The lowest BCUT2D eigenvalue weighted by molar-refractivity contribution is 0.102. The second-order valence-corrected chi connectivity index (χ2v) is 7.80. The highest BCUT2D eigenvalue weighted by molar-refractivity contribution is 7.13. The van der Waals surface area contributed by atoms with E-state index in [1.807, 2.05) is 0 Å². The van der Waals surface area contributed by atoms with Gasteiger partial charge in [-0.3, -0.25) is 4.79 Å². The van der Waals surface area contributed by atoms with Crippen molar-refractivity contribution in [3.63, 3.8) is 0 Å². The Morgan fingerprint density at radius 3 is 2.58 bits per heavy atom. The number of rotatable bonds is 4. The second kappa shape index (κ2) is 8.72. The SMILES string of the molecule is O=C(Nc1ccc(F)c(F)c1)c1nnc([C@H]2CCCN2C(=O)Nc2ccccc2F)s1. The van der Waals surface area contributed by atoms with E-state index in [0.29, 0.717) is 24.4 Å². The maximum atomic E-state index is 13.8. The third-order valence-electron chi connectivity index (χ3n) is 4.73. The van der Waals surface area contributed by atoms with Crippen molar-refractivity contribution in [1.29, 1.82) is 0 Å². The Bertz CT molecular complexity index is 1140. The number of nitrogens with zero attached hydrogens (tertiary/aromatic N) is 3. The van der Waals surface area contributed by atoms with Crippen molar-refractivity contribution in [2.75, 3.05) is 17.2 Å². The number of aromatic nitrogens is 2. The molecule has 0 spiro atoms. The van der Waals surface area contributed by atoms with Crippen LogP contribution in [0.4, 0.5) is 29.3 Å². The molecule has 0 radical (unpaired) electrons. The second-order valence-electron chi connectivity index (χ2n) is 6.79. The fourth-order valence-corrected chi connectivity index (χ4v) is 4.12. The summed E-state index contributed by atoms with van der Waals surface area (Å²) in [5.41, 5.74) is 0.148. The van der Waals surface area contributed by atoms with Crippen LogP contribution in [0.3, 0.4) is 0 Å². The molecule has 1 aromatic heterocycles. The third kappa shape index (κ3) is 4.50. The van der Waals surface area contributed by atoms with E-state index in [1.165, 1.54) is 29.2 Å². The molecule has 0 unspecified atom stereocenters. The van der Waals surface area contributed by atoms with Crippen LogP contribution in [0.2, 0.25) is 0 Å². The Kier molecular flexibility index (Phi) is 5.85. The molecule has 1 fully saturated rings. The fraction of sp³-hybridized carbons (Fsp3) is 0.200. The van der Waals surface area contributed by atoms with Gasteiger partial charge in [-0.2, -0.15) is 0 Å². The fourth-order valence-electron chi connectivity index (χ4n) is 3.24. The summed E-state index contributed by atoms with van der Waals surface area (Å²) < 4.78 is 40.2. The van der Waals surface area contributed by atoms with Gasteiger partial charge in [0.1, 0.15) is 10.8 Å². The summed E-state index contributed by atoms with van der Waals surface area (Å²) in [6.07, 6.45) is 1.33. The summed E-state index contributed by atoms with van der Waals surface area (Å²) in [5, 5.41) is 13.3. The number of para-hydroxylation sites is 1. The first-order chi connectivity index (χ1) is 14.9. The van der Waals surface area contributed by atoms with Gasteiger partial charge in [-0.15, -0.1) is 10.2 Å². The molecule has 11 heteroatoms. The molecule has 2 heterocycles. The van der Waals surface area contributed by atoms with Gasteiger partial charge in [0, 0.05) is 18.3 Å². The summed E-state index contributed by atoms with van der Waals surface area (Å²) in [6.45, 7) is 0.445. The van der Waals surface area contributed by atoms with Crippen LogP contribution in [-0.4, -0.2) is 33.6 Å². The molecule has 1 saturated heterocycles. The predicted octanol–water partition coefficient (Wildman–Crippen LogP) is 4.58. The molecule has 1 atom stereocenters. The van der Waals surface area contributed by atoms with Crippen molar-refractivity contribution >= 4 is 34.6 Å². The normalized spacial score (nSPS) is 15.7. The first kappa shape index (κ1) is 20.8. The molecule has 0 aliphatic carbocycles. The smallest absolute Gasteiger partial charge is 0.320 e. The van der Waals surface area contributed by atoms with Crippen LogP contribution < -0.4 is 10.6 Å². The first-order valence-electron chi connectivity index (χ1n) is 9.34. The van der Waals surface area contributed by atoms with Gasteiger partial charge in [0.2, 0.25) is 5.01 Å². The zero-order chi connectivity index (χ0) is 22.0. The van der Waals surface area contributed by atoms with E-state index in [9.17, 15) is 22.8 Å². The maximum absolute atomic E-state index is 13.8. The topological polar surface area (TPSA) is 87.2 Å². The molecule has 1 aliphatic rings. The Morgan fingerprint density at radius 1 is 1.00 bits per heavy atom. The molecule has 160 valence electrons. The van der Waals surface area contributed by atoms with Crippen molar-refractivity contribution in [3.05, 3.63) is 69.9 Å². The minimum absolute atomic E-state index is 0.0149. The van der Waals surface area contributed by atoms with E-state index >= 15 is 0 Å². The number of likely N-dealkylation sites (tertiary alicyclic amines) is 1. The molecule has 3 amide bonds. The number of amides is 3. The molecule has 4 rings (SSSR count). The highest BCUT2D eigenvalue weighted by Gasteiger charge is 2.33. The lowest BCUT2D eigenvalue weighted by Gasteiger charge is -2.23. The van der Waals surface area contributed by atoms with Crippen molar-refractivity contribution in [3.8, 4) is 0 Å². The summed E-state index contributed by atoms with van der Waals surface area (Å²) in [4.78, 5) is 26.5. The van der Waals surface area contributed by atoms with E-state index in [2.05, 4.69) is 20.8 Å². The van der Waals surface area contributed by atoms with Gasteiger partial charge in [0.15, 0.2) is 11.6 Å². The molecule has 7 nitrogen and oxygen atoms in total. The summed E-state index contributed by atoms with van der Waals surface area (Å²) in [7, 11) is 0.